The van der Waals surface area contributed by atoms with Crippen LogP contribution in [0.15, 0.2) is 18.2 Å². The summed E-state index contributed by atoms with van der Waals surface area (Å²) in [7, 11) is 1.47. The molecule has 0 bridgehead atoms. The van der Waals surface area contributed by atoms with Crippen LogP contribution in [0.1, 0.15) is 71.1 Å². The molecule has 0 spiro atoms. The van der Waals surface area contributed by atoms with E-state index in [1.165, 1.54) is 58.1 Å². The second kappa shape index (κ2) is 11.0. The molecule has 4 rings (SSSR count). The van der Waals surface area contributed by atoms with E-state index in [1.807, 2.05) is 6.07 Å². The smallest absolute Gasteiger partial charge is 0.236 e. The van der Waals surface area contributed by atoms with Crippen LogP contribution in [-0.4, -0.2) is 34.6 Å². The summed E-state index contributed by atoms with van der Waals surface area (Å²) in [5.41, 5.74) is 6.84. The first-order valence-corrected chi connectivity index (χ1v) is 12.5. The summed E-state index contributed by atoms with van der Waals surface area (Å²) in [5, 5.41) is 3.40. The number of anilines is 4. The Balaban J connectivity index is 1.66. The Hall–Kier alpha value is -2.64. The van der Waals surface area contributed by atoms with Crippen molar-refractivity contribution in [2.75, 3.05) is 29.6 Å². The maximum absolute atomic E-state index is 14.7. The maximum atomic E-state index is 14.7. The number of benzene rings is 1. The number of rotatable bonds is 9. The zero-order valence-corrected chi connectivity index (χ0v) is 19.9. The van der Waals surface area contributed by atoms with Crippen LogP contribution in [0.5, 0.6) is 5.75 Å². The molecule has 7 nitrogen and oxygen atoms in total. The molecule has 2 saturated carbocycles. The third-order valence-electron chi connectivity index (χ3n) is 7.24. The summed E-state index contributed by atoms with van der Waals surface area (Å²) in [6, 6.07) is 5.18. The number of hydrogen-bond acceptors (Lipinski definition) is 7. The largest absolute Gasteiger partial charge is 0.494 e. The van der Waals surface area contributed by atoms with E-state index in [1.54, 1.807) is 6.07 Å². The molecule has 2 fully saturated rings. The van der Waals surface area contributed by atoms with Crippen molar-refractivity contribution in [2.24, 2.45) is 11.8 Å². The number of halogens is 1. The molecule has 2 aliphatic rings. The number of aromatic nitrogens is 3. The van der Waals surface area contributed by atoms with Crippen LogP contribution < -0.4 is 20.7 Å². The van der Waals surface area contributed by atoms with Crippen molar-refractivity contribution in [3.8, 4) is 5.75 Å². The van der Waals surface area contributed by atoms with Gasteiger partial charge >= 0.3 is 0 Å². The molecule has 1 heterocycles. The molecule has 2 aliphatic carbocycles. The SMILES string of the molecule is CCC(C1CCCC1)N(c1ccc(OC)c(F)c1)c1nc(N)nc(NCC2CCCCC2)n1. The lowest BCUT2D eigenvalue weighted by Crippen LogP contribution is -2.37. The Morgan fingerprint density at radius 3 is 2.48 bits per heavy atom. The van der Waals surface area contributed by atoms with Crippen LogP contribution in [0.2, 0.25) is 0 Å². The molecular weight excluding hydrogens is 419 g/mol. The highest BCUT2D eigenvalue weighted by Crippen LogP contribution is 2.38. The lowest BCUT2D eigenvalue weighted by atomic mass is 9.89. The lowest BCUT2D eigenvalue weighted by Gasteiger charge is -2.35. The van der Waals surface area contributed by atoms with Crippen LogP contribution >= 0.6 is 0 Å². The molecule has 180 valence electrons. The Bertz CT molecular complexity index is 914. The summed E-state index contributed by atoms with van der Waals surface area (Å²) >= 11 is 0. The predicted molar refractivity (Wildman–Crippen MR) is 130 cm³/mol. The number of nitrogens with one attached hydrogen (secondary N) is 1. The van der Waals surface area contributed by atoms with Gasteiger partial charge in [0.15, 0.2) is 11.6 Å². The fourth-order valence-electron chi connectivity index (χ4n) is 5.52. The monoisotopic (exact) mass is 456 g/mol. The second-order valence-electron chi connectivity index (χ2n) is 9.41. The van der Waals surface area contributed by atoms with E-state index in [-0.39, 0.29) is 17.7 Å². The van der Waals surface area contributed by atoms with Gasteiger partial charge in [-0.05, 0) is 56.1 Å². The minimum atomic E-state index is -0.404. The van der Waals surface area contributed by atoms with Crippen molar-refractivity contribution >= 4 is 23.5 Å². The first kappa shape index (κ1) is 23.5. The average Bonchev–Trinajstić information content (AvgIpc) is 3.36. The molecule has 0 saturated heterocycles. The highest BCUT2D eigenvalue weighted by molar-refractivity contribution is 5.61. The first-order chi connectivity index (χ1) is 16.1. The third-order valence-corrected chi connectivity index (χ3v) is 7.24. The van der Waals surface area contributed by atoms with Crippen molar-refractivity contribution in [2.45, 2.75) is 77.2 Å². The van der Waals surface area contributed by atoms with E-state index in [2.05, 4.69) is 27.1 Å². The molecule has 0 amide bonds. The molecule has 3 N–H and O–H groups in total. The summed E-state index contributed by atoms with van der Waals surface area (Å²) in [5.74, 6) is 2.08. The molecule has 0 aliphatic heterocycles. The summed E-state index contributed by atoms with van der Waals surface area (Å²) < 4.78 is 19.8. The quantitative estimate of drug-likeness (QED) is 0.500. The van der Waals surface area contributed by atoms with Crippen molar-refractivity contribution < 1.29 is 9.13 Å². The zero-order valence-electron chi connectivity index (χ0n) is 19.9. The highest BCUT2D eigenvalue weighted by Gasteiger charge is 2.32. The van der Waals surface area contributed by atoms with Gasteiger partial charge in [-0.1, -0.05) is 39.0 Å². The average molecular weight is 457 g/mol. The van der Waals surface area contributed by atoms with E-state index in [0.717, 1.165) is 25.8 Å². The summed E-state index contributed by atoms with van der Waals surface area (Å²) in [6.07, 6.45) is 12.0. The molecular formula is C25H37FN6O. The van der Waals surface area contributed by atoms with Gasteiger partial charge in [0.05, 0.1) is 7.11 Å². The van der Waals surface area contributed by atoms with Crippen LogP contribution in [0.4, 0.5) is 27.9 Å². The lowest BCUT2D eigenvalue weighted by molar-refractivity contribution is 0.373. The number of nitrogens with two attached hydrogens (primary N) is 1. The first-order valence-electron chi connectivity index (χ1n) is 12.5. The highest BCUT2D eigenvalue weighted by atomic mass is 19.1. The number of ether oxygens (including phenoxy) is 1. The van der Waals surface area contributed by atoms with Gasteiger partial charge in [0.25, 0.3) is 0 Å². The Morgan fingerprint density at radius 1 is 1.09 bits per heavy atom. The standard InChI is InChI=1S/C25H37FN6O/c1-3-21(18-11-7-8-12-18)32(19-13-14-22(33-2)20(26)15-19)25-30-23(27)29-24(31-25)28-16-17-9-5-4-6-10-17/h13-15,17-18,21H,3-12,16H2,1-2H3,(H3,27,28,29,30,31). The fourth-order valence-corrected chi connectivity index (χ4v) is 5.52. The van der Waals surface area contributed by atoms with Gasteiger partial charge in [-0.2, -0.15) is 15.0 Å². The Labute approximate surface area is 196 Å². The molecule has 33 heavy (non-hydrogen) atoms. The topological polar surface area (TPSA) is 89.2 Å². The molecule has 2 aromatic rings. The van der Waals surface area contributed by atoms with E-state index < -0.39 is 5.82 Å². The van der Waals surface area contributed by atoms with Crippen LogP contribution in [0.25, 0.3) is 0 Å². The third kappa shape index (κ3) is 5.65. The van der Waals surface area contributed by atoms with Crippen LogP contribution in [-0.2, 0) is 0 Å². The van der Waals surface area contributed by atoms with Gasteiger partial charge < -0.3 is 20.7 Å². The fraction of sp³-hybridized carbons (Fsp3) is 0.640. The zero-order chi connectivity index (χ0) is 23.2. The summed E-state index contributed by atoms with van der Waals surface area (Å²) in [6.45, 7) is 3.00. The number of methoxy groups -OCH3 is 1. The molecule has 1 aromatic heterocycles. The van der Waals surface area contributed by atoms with Crippen molar-refractivity contribution in [3.05, 3.63) is 24.0 Å². The van der Waals surface area contributed by atoms with Crippen molar-refractivity contribution in [1.29, 1.82) is 0 Å². The molecule has 0 radical (unpaired) electrons. The number of nitrogens with zero attached hydrogens (tertiary/aromatic N) is 4. The van der Waals surface area contributed by atoms with Gasteiger partial charge in [0.1, 0.15) is 0 Å². The van der Waals surface area contributed by atoms with Crippen LogP contribution in [0, 0.1) is 17.7 Å². The molecule has 8 heteroatoms. The van der Waals surface area contributed by atoms with Gasteiger partial charge in [0, 0.05) is 24.3 Å². The van der Waals surface area contributed by atoms with Gasteiger partial charge in [0.2, 0.25) is 17.8 Å². The van der Waals surface area contributed by atoms with Crippen molar-refractivity contribution in [1.82, 2.24) is 15.0 Å². The number of nitrogen functional groups attached to an aromatic ring is 1. The second-order valence-corrected chi connectivity index (χ2v) is 9.41. The van der Waals surface area contributed by atoms with E-state index in [0.29, 0.717) is 29.4 Å². The summed E-state index contributed by atoms with van der Waals surface area (Å²) in [4.78, 5) is 15.7. The minimum absolute atomic E-state index is 0.147. The van der Waals surface area contributed by atoms with Gasteiger partial charge in [-0.15, -0.1) is 0 Å². The Kier molecular flexibility index (Phi) is 7.83. The van der Waals surface area contributed by atoms with E-state index in [4.69, 9.17) is 15.5 Å². The minimum Gasteiger partial charge on any atom is -0.494 e. The Morgan fingerprint density at radius 2 is 1.82 bits per heavy atom. The molecule has 1 aromatic carbocycles. The molecule has 1 unspecified atom stereocenters. The normalized spacial score (nSPS) is 18.3. The van der Waals surface area contributed by atoms with E-state index in [9.17, 15) is 4.39 Å². The number of hydrogen-bond donors (Lipinski definition) is 2. The predicted octanol–water partition coefficient (Wildman–Crippen LogP) is 5.70. The van der Waals surface area contributed by atoms with Crippen molar-refractivity contribution in [3.63, 3.8) is 0 Å². The van der Waals surface area contributed by atoms with E-state index >= 15 is 0 Å². The molecule has 1 atom stereocenters. The van der Waals surface area contributed by atoms with Crippen LogP contribution in [0.3, 0.4) is 0 Å². The maximum Gasteiger partial charge on any atom is 0.236 e. The van der Waals surface area contributed by atoms with Gasteiger partial charge in [-0.25, -0.2) is 4.39 Å². The van der Waals surface area contributed by atoms with Gasteiger partial charge in [-0.3, -0.25) is 0 Å².